The first-order valence-electron chi connectivity index (χ1n) is 6.57. The van der Waals surface area contributed by atoms with Crippen molar-refractivity contribution in [3.05, 3.63) is 18.0 Å². The molecule has 3 amide bonds. The molecule has 0 bridgehead atoms. The summed E-state index contributed by atoms with van der Waals surface area (Å²) in [7, 11) is 5.26. The van der Waals surface area contributed by atoms with E-state index in [0.29, 0.717) is 37.6 Å². The summed E-state index contributed by atoms with van der Waals surface area (Å²) in [5.74, 6) is -0.0406. The van der Waals surface area contributed by atoms with Gasteiger partial charge in [0.1, 0.15) is 5.69 Å². The molecule has 7 heteroatoms. The van der Waals surface area contributed by atoms with Crippen molar-refractivity contribution >= 4 is 17.6 Å². The second-order valence-electron chi connectivity index (χ2n) is 5.23. The van der Waals surface area contributed by atoms with Crippen molar-refractivity contribution < 1.29 is 9.59 Å². The highest BCUT2D eigenvalue weighted by molar-refractivity contribution is 5.94. The maximum atomic E-state index is 12.4. The van der Waals surface area contributed by atoms with Crippen molar-refractivity contribution in [3.63, 3.8) is 0 Å². The summed E-state index contributed by atoms with van der Waals surface area (Å²) >= 11 is 0. The standard InChI is InChI=1S/C13H21N5O2/c1-15(2)13(20)18-6-4-17(5-7-18)12(19)11-8-10(14)9-16(11)3/h8-9H,4-7,14H2,1-3H3. The number of anilines is 1. The number of piperazine rings is 1. The van der Waals surface area contributed by atoms with Crippen molar-refractivity contribution in [2.24, 2.45) is 7.05 Å². The molecule has 110 valence electrons. The number of nitrogens with zero attached hydrogens (tertiary/aromatic N) is 4. The first kappa shape index (κ1) is 14.2. The second-order valence-corrected chi connectivity index (χ2v) is 5.23. The number of urea groups is 1. The summed E-state index contributed by atoms with van der Waals surface area (Å²) in [5, 5.41) is 0. The summed E-state index contributed by atoms with van der Waals surface area (Å²) in [4.78, 5) is 29.3. The van der Waals surface area contributed by atoms with Gasteiger partial charge < -0.3 is 25.0 Å². The highest BCUT2D eigenvalue weighted by atomic mass is 16.2. The fraction of sp³-hybridized carbons (Fsp3) is 0.538. The fourth-order valence-electron chi connectivity index (χ4n) is 2.35. The molecule has 2 N–H and O–H groups in total. The molecule has 0 aliphatic carbocycles. The minimum atomic E-state index is -0.0406. The second kappa shape index (κ2) is 5.44. The summed E-state index contributed by atoms with van der Waals surface area (Å²) < 4.78 is 1.73. The molecule has 1 aliphatic rings. The fourth-order valence-corrected chi connectivity index (χ4v) is 2.35. The van der Waals surface area contributed by atoms with Crippen molar-refractivity contribution in [1.82, 2.24) is 19.3 Å². The first-order valence-corrected chi connectivity index (χ1v) is 6.57. The Hall–Kier alpha value is -2.18. The van der Waals surface area contributed by atoms with Crippen LogP contribution < -0.4 is 5.73 Å². The number of amides is 3. The minimum absolute atomic E-state index is 0.0137. The molecule has 2 heterocycles. The van der Waals surface area contributed by atoms with E-state index in [9.17, 15) is 9.59 Å². The van der Waals surface area contributed by atoms with E-state index in [1.807, 2.05) is 0 Å². The van der Waals surface area contributed by atoms with Gasteiger partial charge in [-0.3, -0.25) is 4.79 Å². The van der Waals surface area contributed by atoms with E-state index in [4.69, 9.17) is 5.73 Å². The molecule has 7 nitrogen and oxygen atoms in total. The van der Waals surface area contributed by atoms with Crippen LogP contribution in [-0.4, -0.2) is 71.5 Å². The topological polar surface area (TPSA) is 74.8 Å². The van der Waals surface area contributed by atoms with E-state index in [2.05, 4.69) is 0 Å². The summed E-state index contributed by atoms with van der Waals surface area (Å²) in [6.45, 7) is 2.21. The van der Waals surface area contributed by atoms with Crippen LogP contribution in [0.25, 0.3) is 0 Å². The Balaban J connectivity index is 1.99. The summed E-state index contributed by atoms with van der Waals surface area (Å²) in [6, 6.07) is 1.67. The van der Waals surface area contributed by atoms with E-state index >= 15 is 0 Å². The summed E-state index contributed by atoms with van der Waals surface area (Å²) in [6.07, 6.45) is 1.72. The van der Waals surface area contributed by atoms with Crippen LogP contribution in [0.2, 0.25) is 0 Å². The molecule has 0 spiro atoms. The zero-order valence-corrected chi connectivity index (χ0v) is 12.2. The van der Waals surface area contributed by atoms with Crippen LogP contribution in [0.5, 0.6) is 0 Å². The number of aryl methyl sites for hydroxylation is 1. The minimum Gasteiger partial charge on any atom is -0.397 e. The Morgan fingerprint density at radius 1 is 1.15 bits per heavy atom. The van der Waals surface area contributed by atoms with Gasteiger partial charge >= 0.3 is 6.03 Å². The molecule has 0 aromatic carbocycles. The Labute approximate surface area is 118 Å². The van der Waals surface area contributed by atoms with Gasteiger partial charge in [-0.15, -0.1) is 0 Å². The van der Waals surface area contributed by atoms with E-state index in [1.165, 1.54) is 0 Å². The van der Waals surface area contributed by atoms with Gasteiger partial charge in [-0.1, -0.05) is 0 Å². The SMILES string of the molecule is CN(C)C(=O)N1CCN(C(=O)c2cc(N)cn2C)CC1. The Morgan fingerprint density at radius 2 is 1.70 bits per heavy atom. The van der Waals surface area contributed by atoms with Crippen LogP contribution in [0.15, 0.2) is 12.3 Å². The smallest absolute Gasteiger partial charge is 0.319 e. The van der Waals surface area contributed by atoms with Gasteiger partial charge in [0.05, 0.1) is 5.69 Å². The Kier molecular flexibility index (Phi) is 3.87. The lowest BCUT2D eigenvalue weighted by Gasteiger charge is -2.35. The molecule has 1 fully saturated rings. The molecular formula is C13H21N5O2. The van der Waals surface area contributed by atoms with Gasteiger partial charge in [0, 0.05) is 53.5 Å². The zero-order chi connectivity index (χ0) is 14.9. The molecular weight excluding hydrogens is 258 g/mol. The van der Waals surface area contributed by atoms with Gasteiger partial charge in [-0.2, -0.15) is 0 Å². The lowest BCUT2D eigenvalue weighted by atomic mass is 10.2. The third-order valence-corrected chi connectivity index (χ3v) is 3.47. The Bertz CT molecular complexity index is 515. The number of nitrogens with two attached hydrogens (primary N) is 1. The highest BCUT2D eigenvalue weighted by Gasteiger charge is 2.26. The number of carbonyl (C=O) groups excluding carboxylic acids is 2. The molecule has 1 aliphatic heterocycles. The molecule has 1 saturated heterocycles. The van der Waals surface area contributed by atoms with E-state index in [-0.39, 0.29) is 11.9 Å². The van der Waals surface area contributed by atoms with Crippen molar-refractivity contribution in [1.29, 1.82) is 0 Å². The van der Waals surface area contributed by atoms with Crippen LogP contribution in [0, 0.1) is 0 Å². The largest absolute Gasteiger partial charge is 0.397 e. The number of aromatic nitrogens is 1. The maximum Gasteiger partial charge on any atom is 0.319 e. The predicted molar refractivity (Wildman–Crippen MR) is 76.4 cm³/mol. The Morgan fingerprint density at radius 3 is 2.15 bits per heavy atom. The lowest BCUT2D eigenvalue weighted by molar-refractivity contribution is 0.0641. The van der Waals surface area contributed by atoms with Crippen LogP contribution in [0.3, 0.4) is 0 Å². The predicted octanol–water partition coefficient (Wildman–Crippen LogP) is 0.0467. The van der Waals surface area contributed by atoms with Crippen molar-refractivity contribution in [2.45, 2.75) is 0 Å². The maximum absolute atomic E-state index is 12.4. The molecule has 0 unspecified atom stereocenters. The normalized spacial score (nSPS) is 15.3. The molecule has 2 rings (SSSR count). The molecule has 0 atom stereocenters. The molecule has 1 aromatic rings. The average molecular weight is 279 g/mol. The number of rotatable bonds is 1. The van der Waals surface area contributed by atoms with Gasteiger partial charge in [0.25, 0.3) is 5.91 Å². The van der Waals surface area contributed by atoms with Gasteiger partial charge in [-0.25, -0.2) is 4.79 Å². The number of hydrogen-bond donors (Lipinski definition) is 1. The van der Waals surface area contributed by atoms with E-state index in [0.717, 1.165) is 0 Å². The number of carbonyl (C=O) groups is 2. The van der Waals surface area contributed by atoms with Crippen LogP contribution in [-0.2, 0) is 7.05 Å². The molecule has 20 heavy (non-hydrogen) atoms. The van der Waals surface area contributed by atoms with Gasteiger partial charge in [0.2, 0.25) is 0 Å². The first-order chi connectivity index (χ1) is 9.40. The van der Waals surface area contributed by atoms with Gasteiger partial charge in [0.15, 0.2) is 0 Å². The van der Waals surface area contributed by atoms with Crippen molar-refractivity contribution in [2.75, 3.05) is 46.0 Å². The van der Waals surface area contributed by atoms with Crippen LogP contribution in [0.1, 0.15) is 10.5 Å². The highest BCUT2D eigenvalue weighted by Crippen LogP contribution is 2.13. The molecule has 0 radical (unpaired) electrons. The third kappa shape index (κ3) is 2.71. The van der Waals surface area contributed by atoms with Crippen LogP contribution >= 0.6 is 0 Å². The quantitative estimate of drug-likeness (QED) is 0.789. The number of nitrogen functional groups attached to an aromatic ring is 1. The van der Waals surface area contributed by atoms with Crippen molar-refractivity contribution in [3.8, 4) is 0 Å². The monoisotopic (exact) mass is 279 g/mol. The molecule has 1 aromatic heterocycles. The summed E-state index contributed by atoms with van der Waals surface area (Å²) in [5.41, 5.74) is 6.85. The average Bonchev–Trinajstić information content (AvgIpc) is 2.76. The van der Waals surface area contributed by atoms with Gasteiger partial charge in [-0.05, 0) is 6.07 Å². The van der Waals surface area contributed by atoms with Crippen LogP contribution in [0.4, 0.5) is 10.5 Å². The molecule has 0 saturated carbocycles. The number of hydrogen-bond acceptors (Lipinski definition) is 3. The zero-order valence-electron chi connectivity index (χ0n) is 12.2. The lowest BCUT2D eigenvalue weighted by Crippen LogP contribution is -2.53. The van der Waals surface area contributed by atoms with E-state index < -0.39 is 0 Å². The third-order valence-electron chi connectivity index (χ3n) is 3.47. The van der Waals surface area contributed by atoms with E-state index in [1.54, 1.807) is 52.7 Å².